The summed E-state index contributed by atoms with van der Waals surface area (Å²) < 4.78 is 13.8. The van der Waals surface area contributed by atoms with Crippen LogP contribution in [0.5, 0.6) is 0 Å². The molecular weight excluding hydrogens is 440 g/mol. The number of aromatic nitrogens is 3. The lowest BCUT2D eigenvalue weighted by Crippen LogP contribution is -2.37. The van der Waals surface area contributed by atoms with Crippen molar-refractivity contribution in [2.75, 3.05) is 18.1 Å². The van der Waals surface area contributed by atoms with Crippen LogP contribution in [0.25, 0.3) is 10.9 Å². The highest BCUT2D eigenvalue weighted by molar-refractivity contribution is 9.10. The van der Waals surface area contributed by atoms with Gasteiger partial charge in [-0.3, -0.25) is 4.90 Å². The SMILES string of the molecule is CCN(C(=O)OC(C)(C)C)c1cc2c(cn1)c(Br)nn2COCC[Si](C)(C)C. The molecule has 0 spiro atoms. The van der Waals surface area contributed by atoms with E-state index >= 15 is 0 Å². The van der Waals surface area contributed by atoms with Crippen LogP contribution in [-0.4, -0.2) is 47.7 Å². The molecule has 0 radical (unpaired) electrons. The van der Waals surface area contributed by atoms with E-state index in [0.29, 0.717) is 30.3 Å². The summed E-state index contributed by atoms with van der Waals surface area (Å²) in [7, 11) is -1.14. The van der Waals surface area contributed by atoms with Gasteiger partial charge in [-0.25, -0.2) is 14.5 Å². The van der Waals surface area contributed by atoms with E-state index in [-0.39, 0.29) is 0 Å². The van der Waals surface area contributed by atoms with Gasteiger partial charge in [0.2, 0.25) is 0 Å². The molecule has 0 saturated heterocycles. The van der Waals surface area contributed by atoms with E-state index in [1.165, 1.54) is 4.90 Å². The number of pyridine rings is 1. The van der Waals surface area contributed by atoms with E-state index in [4.69, 9.17) is 9.47 Å². The molecule has 0 aromatic carbocycles. The minimum absolute atomic E-state index is 0.356. The highest BCUT2D eigenvalue weighted by Gasteiger charge is 2.24. The maximum absolute atomic E-state index is 12.5. The van der Waals surface area contributed by atoms with Crippen molar-refractivity contribution in [1.29, 1.82) is 0 Å². The minimum atomic E-state index is -1.14. The van der Waals surface area contributed by atoms with Crippen LogP contribution in [0.2, 0.25) is 25.7 Å². The summed E-state index contributed by atoms with van der Waals surface area (Å²) in [6.45, 7) is 15.9. The quantitative estimate of drug-likeness (QED) is 0.407. The second kappa shape index (κ2) is 8.92. The van der Waals surface area contributed by atoms with Crippen molar-refractivity contribution in [2.45, 2.75) is 65.7 Å². The molecule has 0 atom stereocenters. The van der Waals surface area contributed by atoms with E-state index < -0.39 is 19.8 Å². The zero-order chi connectivity index (χ0) is 21.1. The molecule has 0 bridgehead atoms. The van der Waals surface area contributed by atoms with E-state index in [9.17, 15) is 4.79 Å². The molecule has 0 fully saturated rings. The van der Waals surface area contributed by atoms with Crippen LogP contribution in [0.1, 0.15) is 27.7 Å². The maximum Gasteiger partial charge on any atom is 0.415 e. The lowest BCUT2D eigenvalue weighted by molar-refractivity contribution is 0.0581. The number of carbonyl (C=O) groups is 1. The minimum Gasteiger partial charge on any atom is -0.443 e. The fraction of sp³-hybridized carbons (Fsp3) is 0.632. The average Bonchev–Trinajstić information content (AvgIpc) is 2.85. The van der Waals surface area contributed by atoms with Gasteiger partial charge in [-0.15, -0.1) is 0 Å². The summed E-state index contributed by atoms with van der Waals surface area (Å²) in [5.74, 6) is 0.528. The predicted molar refractivity (Wildman–Crippen MR) is 119 cm³/mol. The number of fused-ring (bicyclic) bond motifs is 1. The molecule has 0 aliphatic heterocycles. The first-order valence-corrected chi connectivity index (χ1v) is 14.0. The van der Waals surface area contributed by atoms with E-state index in [1.807, 2.05) is 33.8 Å². The van der Waals surface area contributed by atoms with Gasteiger partial charge in [0, 0.05) is 33.5 Å². The number of hydrogen-bond acceptors (Lipinski definition) is 5. The molecule has 0 unspecified atom stereocenters. The van der Waals surface area contributed by atoms with E-state index in [2.05, 4.69) is 45.7 Å². The molecule has 2 aromatic rings. The van der Waals surface area contributed by atoms with Gasteiger partial charge in [-0.1, -0.05) is 19.6 Å². The van der Waals surface area contributed by atoms with Crippen LogP contribution >= 0.6 is 15.9 Å². The molecule has 0 aliphatic rings. The van der Waals surface area contributed by atoms with Gasteiger partial charge in [-0.2, -0.15) is 5.10 Å². The Morgan fingerprint density at radius 1 is 1.32 bits per heavy atom. The topological polar surface area (TPSA) is 69.5 Å². The number of carbonyl (C=O) groups excluding carboxylic acids is 1. The molecule has 2 heterocycles. The second-order valence-corrected chi connectivity index (χ2v) is 15.3. The molecule has 0 saturated carbocycles. The predicted octanol–water partition coefficient (Wildman–Crippen LogP) is 5.27. The fourth-order valence-corrected chi connectivity index (χ4v) is 3.75. The fourth-order valence-electron chi connectivity index (χ4n) is 2.50. The monoisotopic (exact) mass is 470 g/mol. The Labute approximate surface area is 176 Å². The molecule has 1 amide bonds. The lowest BCUT2D eigenvalue weighted by Gasteiger charge is -2.26. The van der Waals surface area contributed by atoms with Gasteiger partial charge in [0.1, 0.15) is 22.8 Å². The summed E-state index contributed by atoms with van der Waals surface area (Å²) >= 11 is 3.48. The summed E-state index contributed by atoms with van der Waals surface area (Å²) in [5.41, 5.74) is 0.288. The Morgan fingerprint density at radius 3 is 2.57 bits per heavy atom. The van der Waals surface area contributed by atoms with Gasteiger partial charge in [0.05, 0.1) is 10.9 Å². The number of amides is 1. The molecule has 2 rings (SSSR count). The first-order chi connectivity index (χ1) is 12.9. The molecule has 2 aromatic heterocycles. The zero-order valence-electron chi connectivity index (χ0n) is 17.9. The summed E-state index contributed by atoms with van der Waals surface area (Å²) in [6.07, 6.45) is 1.30. The lowest BCUT2D eigenvalue weighted by atomic mass is 10.2. The normalized spacial score (nSPS) is 12.4. The summed E-state index contributed by atoms with van der Waals surface area (Å²) in [6, 6.07) is 2.95. The number of hydrogen-bond donors (Lipinski definition) is 0. The Balaban J connectivity index is 2.23. The largest absolute Gasteiger partial charge is 0.443 e. The van der Waals surface area contributed by atoms with Crippen molar-refractivity contribution in [1.82, 2.24) is 14.8 Å². The van der Waals surface area contributed by atoms with Crippen LogP contribution < -0.4 is 4.90 Å². The molecule has 9 heteroatoms. The van der Waals surface area contributed by atoms with Gasteiger partial charge in [-0.05, 0) is 49.7 Å². The summed E-state index contributed by atoms with van der Waals surface area (Å²) in [4.78, 5) is 18.5. The van der Waals surface area contributed by atoms with Crippen molar-refractivity contribution >= 4 is 46.8 Å². The summed E-state index contributed by atoms with van der Waals surface area (Å²) in [5, 5.41) is 5.37. The molecule has 0 N–H and O–H groups in total. The van der Waals surface area contributed by atoms with Crippen LogP contribution in [0, 0.1) is 0 Å². The number of ether oxygens (including phenoxy) is 2. The van der Waals surface area contributed by atoms with Crippen LogP contribution in [0.15, 0.2) is 16.9 Å². The number of nitrogens with zero attached hydrogens (tertiary/aromatic N) is 4. The van der Waals surface area contributed by atoms with Gasteiger partial charge < -0.3 is 9.47 Å². The molecule has 28 heavy (non-hydrogen) atoms. The Hall–Kier alpha value is -1.45. The zero-order valence-corrected chi connectivity index (χ0v) is 20.5. The van der Waals surface area contributed by atoms with Crippen LogP contribution in [-0.2, 0) is 16.2 Å². The van der Waals surface area contributed by atoms with Gasteiger partial charge in [0.25, 0.3) is 0 Å². The third kappa shape index (κ3) is 6.28. The van der Waals surface area contributed by atoms with Crippen molar-refractivity contribution < 1.29 is 14.3 Å². The van der Waals surface area contributed by atoms with Crippen LogP contribution in [0.3, 0.4) is 0 Å². The van der Waals surface area contributed by atoms with Gasteiger partial charge >= 0.3 is 6.09 Å². The third-order valence-corrected chi connectivity index (χ3v) is 6.28. The first kappa shape index (κ1) is 22.8. The number of anilines is 1. The molecular formula is C19H31BrN4O3Si. The van der Waals surface area contributed by atoms with Crippen molar-refractivity contribution in [2.24, 2.45) is 0 Å². The smallest absolute Gasteiger partial charge is 0.415 e. The van der Waals surface area contributed by atoms with Crippen molar-refractivity contribution in [3.05, 3.63) is 16.9 Å². The van der Waals surface area contributed by atoms with E-state index in [1.54, 1.807) is 10.9 Å². The first-order valence-electron chi connectivity index (χ1n) is 9.51. The number of rotatable bonds is 7. The van der Waals surface area contributed by atoms with Gasteiger partial charge in [0.15, 0.2) is 0 Å². The number of halogens is 1. The highest BCUT2D eigenvalue weighted by Crippen LogP contribution is 2.27. The average molecular weight is 471 g/mol. The molecule has 0 aliphatic carbocycles. The Morgan fingerprint density at radius 2 is 2.00 bits per heavy atom. The highest BCUT2D eigenvalue weighted by atomic mass is 79.9. The van der Waals surface area contributed by atoms with Crippen molar-refractivity contribution in [3.8, 4) is 0 Å². The molecule has 156 valence electrons. The van der Waals surface area contributed by atoms with Crippen molar-refractivity contribution in [3.63, 3.8) is 0 Å². The third-order valence-electron chi connectivity index (χ3n) is 3.99. The van der Waals surface area contributed by atoms with Crippen LogP contribution in [0.4, 0.5) is 10.6 Å². The Bertz CT molecular complexity index is 827. The molecule has 7 nitrogen and oxygen atoms in total. The standard InChI is InChI=1S/C19H31BrN4O3Si/c1-8-23(18(25)27-19(2,3)4)16-11-15-14(12-21-16)17(20)22-24(15)13-26-9-10-28(5,6)7/h11-12H,8-10,13H2,1-7H3. The second-order valence-electron chi connectivity index (χ2n) is 8.92. The van der Waals surface area contributed by atoms with E-state index in [0.717, 1.165) is 16.9 Å². The Kier molecular flexibility index (Phi) is 7.27. The maximum atomic E-state index is 12.5.